The predicted molar refractivity (Wildman–Crippen MR) is 84.0 cm³/mol. The third kappa shape index (κ3) is 4.10. The van der Waals surface area contributed by atoms with E-state index in [1.165, 1.54) is 17.4 Å². The summed E-state index contributed by atoms with van der Waals surface area (Å²) in [5.74, 6) is -0.292. The van der Waals surface area contributed by atoms with Crippen molar-refractivity contribution in [3.8, 4) is 0 Å². The summed E-state index contributed by atoms with van der Waals surface area (Å²) in [6.07, 6.45) is -3.89. The largest absolute Gasteiger partial charge is 0.416 e. The van der Waals surface area contributed by atoms with E-state index in [1.54, 1.807) is 17.5 Å². The lowest BCUT2D eigenvalue weighted by atomic mass is 10.0. The van der Waals surface area contributed by atoms with Gasteiger partial charge in [0.25, 0.3) is 5.91 Å². The molecule has 2 rings (SSSR count). The van der Waals surface area contributed by atoms with Crippen LogP contribution in [0.2, 0.25) is 0 Å². The van der Waals surface area contributed by atoms with Gasteiger partial charge in [0.1, 0.15) is 0 Å². The fourth-order valence-electron chi connectivity index (χ4n) is 2.01. The van der Waals surface area contributed by atoms with Crippen molar-refractivity contribution in [2.75, 3.05) is 0 Å². The van der Waals surface area contributed by atoms with Gasteiger partial charge in [-0.2, -0.15) is 13.2 Å². The van der Waals surface area contributed by atoms with E-state index in [0.717, 1.165) is 16.6 Å². The van der Waals surface area contributed by atoms with Gasteiger partial charge in [-0.25, -0.2) is 0 Å². The summed E-state index contributed by atoms with van der Waals surface area (Å²) in [6, 6.07) is 6.27. The zero-order chi connectivity index (χ0) is 16.3. The van der Waals surface area contributed by atoms with Crippen molar-refractivity contribution in [2.45, 2.75) is 25.6 Å². The molecular weight excluding hydrogens is 379 g/mol. The molecule has 0 aliphatic rings. The third-order valence-corrected chi connectivity index (χ3v) is 4.81. The number of carbonyl (C=O) groups is 1. The van der Waals surface area contributed by atoms with Crippen LogP contribution >= 0.6 is 27.3 Å². The molecule has 0 radical (unpaired) electrons. The van der Waals surface area contributed by atoms with Crippen LogP contribution in [0.4, 0.5) is 13.2 Å². The van der Waals surface area contributed by atoms with Crippen molar-refractivity contribution >= 4 is 33.2 Å². The van der Waals surface area contributed by atoms with Gasteiger partial charge in [0, 0.05) is 9.85 Å². The van der Waals surface area contributed by atoms with Crippen LogP contribution in [-0.2, 0) is 6.18 Å². The Kier molecular flexibility index (Phi) is 5.28. The molecule has 0 aliphatic carbocycles. The number of carbonyl (C=O) groups excluding carboxylic acids is 1. The van der Waals surface area contributed by atoms with Crippen LogP contribution in [-0.4, -0.2) is 5.91 Å². The molecule has 0 aliphatic heterocycles. The van der Waals surface area contributed by atoms with Crippen molar-refractivity contribution in [2.24, 2.45) is 0 Å². The summed E-state index contributed by atoms with van der Waals surface area (Å²) in [5, 5.41) is 4.55. The first-order valence-electron chi connectivity index (χ1n) is 6.53. The second-order valence-corrected chi connectivity index (χ2v) is 6.51. The molecule has 7 heteroatoms. The molecule has 2 aromatic rings. The van der Waals surface area contributed by atoms with E-state index < -0.39 is 17.8 Å². The lowest BCUT2D eigenvalue weighted by Gasteiger charge is -2.18. The summed E-state index contributed by atoms with van der Waals surface area (Å²) in [6.45, 7) is 1.82. The van der Waals surface area contributed by atoms with Gasteiger partial charge >= 0.3 is 6.18 Å². The van der Waals surface area contributed by atoms with Crippen molar-refractivity contribution in [3.63, 3.8) is 0 Å². The summed E-state index contributed by atoms with van der Waals surface area (Å²) in [5.41, 5.74) is -0.266. The molecule has 0 saturated carbocycles. The van der Waals surface area contributed by atoms with Crippen LogP contribution in [0.15, 0.2) is 40.2 Å². The first kappa shape index (κ1) is 17.0. The molecule has 0 bridgehead atoms. The Labute approximate surface area is 138 Å². The minimum atomic E-state index is -4.39. The lowest BCUT2D eigenvalue weighted by molar-refractivity contribution is -0.137. The van der Waals surface area contributed by atoms with E-state index in [0.29, 0.717) is 16.9 Å². The summed E-state index contributed by atoms with van der Waals surface area (Å²) >= 11 is 4.54. The van der Waals surface area contributed by atoms with E-state index in [-0.39, 0.29) is 5.91 Å². The normalized spacial score (nSPS) is 13.0. The van der Waals surface area contributed by atoms with Gasteiger partial charge in [-0.15, -0.1) is 11.3 Å². The molecule has 0 saturated heterocycles. The number of benzene rings is 1. The maximum atomic E-state index is 12.8. The predicted octanol–water partition coefficient (Wildman–Crippen LogP) is 5.41. The van der Waals surface area contributed by atoms with E-state index in [4.69, 9.17) is 0 Å². The summed E-state index contributed by atoms with van der Waals surface area (Å²) in [7, 11) is 0. The number of amides is 1. The molecule has 0 spiro atoms. The van der Waals surface area contributed by atoms with Gasteiger partial charge in [0.05, 0.1) is 16.5 Å². The topological polar surface area (TPSA) is 29.1 Å². The molecule has 0 fully saturated rings. The Hall–Kier alpha value is -1.34. The zero-order valence-corrected chi connectivity index (χ0v) is 14.0. The Bertz CT molecular complexity index is 669. The van der Waals surface area contributed by atoms with Crippen molar-refractivity contribution < 1.29 is 18.0 Å². The maximum Gasteiger partial charge on any atom is 0.416 e. The number of rotatable bonds is 4. The SMILES string of the molecule is CCC(NC(=O)c1cc(Br)cs1)c1cccc(C(F)(F)F)c1. The van der Waals surface area contributed by atoms with Gasteiger partial charge in [-0.3, -0.25) is 4.79 Å². The third-order valence-electron chi connectivity index (χ3n) is 3.12. The molecule has 1 unspecified atom stereocenters. The Morgan fingerprint density at radius 2 is 2.09 bits per heavy atom. The molecular formula is C15H13BrF3NOS. The van der Waals surface area contributed by atoms with E-state index >= 15 is 0 Å². The van der Waals surface area contributed by atoms with Gasteiger partial charge in [-0.05, 0) is 46.1 Å². The fraction of sp³-hybridized carbons (Fsp3) is 0.267. The van der Waals surface area contributed by atoms with Gasteiger partial charge in [-0.1, -0.05) is 19.1 Å². The number of hydrogen-bond acceptors (Lipinski definition) is 2. The minimum Gasteiger partial charge on any atom is -0.345 e. The first-order valence-corrected chi connectivity index (χ1v) is 8.20. The monoisotopic (exact) mass is 391 g/mol. The smallest absolute Gasteiger partial charge is 0.345 e. The van der Waals surface area contributed by atoms with Gasteiger partial charge in [0.2, 0.25) is 0 Å². The first-order chi connectivity index (χ1) is 10.3. The summed E-state index contributed by atoms with van der Waals surface area (Å²) < 4.78 is 39.1. The van der Waals surface area contributed by atoms with Crippen LogP contribution < -0.4 is 5.32 Å². The van der Waals surface area contributed by atoms with Crippen molar-refractivity contribution in [1.82, 2.24) is 5.32 Å². The molecule has 1 amide bonds. The van der Waals surface area contributed by atoms with E-state index in [2.05, 4.69) is 21.2 Å². The van der Waals surface area contributed by atoms with Crippen LogP contribution in [0.25, 0.3) is 0 Å². The number of thiophene rings is 1. The Balaban J connectivity index is 2.20. The van der Waals surface area contributed by atoms with E-state index in [9.17, 15) is 18.0 Å². The Morgan fingerprint density at radius 3 is 2.64 bits per heavy atom. The van der Waals surface area contributed by atoms with Crippen LogP contribution in [0.3, 0.4) is 0 Å². The highest BCUT2D eigenvalue weighted by Crippen LogP contribution is 2.31. The van der Waals surface area contributed by atoms with Crippen LogP contribution in [0.1, 0.15) is 40.2 Å². The second-order valence-electron chi connectivity index (χ2n) is 4.69. The number of halogens is 4. The molecule has 1 aromatic heterocycles. The Morgan fingerprint density at radius 1 is 1.36 bits per heavy atom. The molecule has 22 heavy (non-hydrogen) atoms. The highest BCUT2D eigenvalue weighted by atomic mass is 79.9. The average molecular weight is 392 g/mol. The van der Waals surface area contributed by atoms with Gasteiger partial charge < -0.3 is 5.32 Å². The van der Waals surface area contributed by atoms with Gasteiger partial charge in [0.15, 0.2) is 0 Å². The molecule has 118 valence electrons. The maximum absolute atomic E-state index is 12.8. The fourth-order valence-corrected chi connectivity index (χ4v) is 3.34. The molecule has 1 N–H and O–H groups in total. The molecule has 1 aromatic carbocycles. The molecule has 2 nitrogen and oxygen atoms in total. The van der Waals surface area contributed by atoms with E-state index in [1.807, 2.05) is 6.92 Å². The quantitative estimate of drug-likeness (QED) is 0.741. The van der Waals surface area contributed by atoms with Crippen molar-refractivity contribution in [3.05, 3.63) is 56.2 Å². The highest BCUT2D eigenvalue weighted by Gasteiger charge is 2.31. The lowest BCUT2D eigenvalue weighted by Crippen LogP contribution is -2.27. The second kappa shape index (κ2) is 6.83. The average Bonchev–Trinajstić information content (AvgIpc) is 2.90. The minimum absolute atomic E-state index is 0.292. The summed E-state index contributed by atoms with van der Waals surface area (Å²) in [4.78, 5) is 12.7. The standard InChI is InChI=1S/C15H13BrF3NOS/c1-2-12(20-14(21)13-7-11(16)8-22-13)9-4-3-5-10(6-9)15(17,18)19/h3-8,12H,2H2,1H3,(H,20,21). The van der Waals surface area contributed by atoms with Crippen molar-refractivity contribution in [1.29, 1.82) is 0 Å². The molecule has 1 heterocycles. The highest BCUT2D eigenvalue weighted by molar-refractivity contribution is 9.10. The zero-order valence-electron chi connectivity index (χ0n) is 11.6. The van der Waals surface area contributed by atoms with Crippen LogP contribution in [0.5, 0.6) is 0 Å². The number of hydrogen-bond donors (Lipinski definition) is 1. The number of nitrogens with one attached hydrogen (secondary N) is 1. The number of alkyl halides is 3. The molecule has 1 atom stereocenters. The van der Waals surface area contributed by atoms with Crippen LogP contribution in [0, 0.1) is 0 Å².